The van der Waals surface area contributed by atoms with Gasteiger partial charge >= 0.3 is 5.97 Å². The summed E-state index contributed by atoms with van der Waals surface area (Å²) in [6.07, 6.45) is 0. The molecule has 0 N–H and O–H groups in total. The fraction of sp³-hybridized carbons (Fsp3) is 0.188. The van der Waals surface area contributed by atoms with Crippen LogP contribution in [0.15, 0.2) is 42.5 Å². The average molecular weight is 355 g/mol. The van der Waals surface area contributed by atoms with Crippen molar-refractivity contribution in [3.05, 3.63) is 70.8 Å². The van der Waals surface area contributed by atoms with Crippen LogP contribution in [0, 0.1) is 11.6 Å². The smallest absolute Gasteiger partial charge is 0.337 e. The van der Waals surface area contributed by atoms with E-state index in [1.165, 1.54) is 43.5 Å². The molecule has 2 rings (SSSR count). The maximum Gasteiger partial charge on any atom is 0.337 e. The van der Waals surface area contributed by atoms with Crippen molar-refractivity contribution < 1.29 is 26.7 Å². The predicted molar refractivity (Wildman–Crippen MR) is 83.7 cm³/mol. The Morgan fingerprint density at radius 3 is 2.29 bits per heavy atom. The number of ether oxygens (including phenoxy) is 1. The highest BCUT2D eigenvalue weighted by Crippen LogP contribution is 2.16. The molecular formula is C16H15F2NO4S. The zero-order valence-electron chi connectivity index (χ0n) is 12.7. The number of methoxy groups -OCH3 is 1. The second kappa shape index (κ2) is 7.98. The van der Waals surface area contributed by atoms with E-state index < -0.39 is 28.5 Å². The molecule has 0 saturated carbocycles. The highest BCUT2D eigenvalue weighted by molar-refractivity contribution is 7.69. The summed E-state index contributed by atoms with van der Waals surface area (Å²) >= 11 is 0. The summed E-state index contributed by atoms with van der Waals surface area (Å²) in [6, 6.07) is 9.04. The summed E-state index contributed by atoms with van der Waals surface area (Å²) < 4.78 is 55.3. The Morgan fingerprint density at radius 2 is 1.75 bits per heavy atom. The Balaban J connectivity index is 2.18. The fourth-order valence-corrected chi connectivity index (χ4v) is 2.64. The monoisotopic (exact) mass is 355 g/mol. The molecule has 0 aliphatic carbocycles. The van der Waals surface area contributed by atoms with Crippen LogP contribution in [-0.2, 0) is 28.7 Å². The number of halogens is 2. The minimum Gasteiger partial charge on any atom is -0.465 e. The predicted octanol–water partition coefficient (Wildman–Crippen LogP) is 2.28. The molecule has 0 fully saturated rings. The standard InChI is InChI=1S/C16H15F2NO4S/c1-23-16(20)12-4-5-13(15(18)8-12)10-19(24(21)22)9-11-2-6-14(17)7-3-11/h2-8,24H,9-10H2,1H3. The van der Waals surface area contributed by atoms with Crippen LogP contribution in [0.25, 0.3) is 0 Å². The molecule has 0 aliphatic rings. The fourth-order valence-electron chi connectivity index (χ4n) is 2.09. The van der Waals surface area contributed by atoms with Crippen LogP contribution in [-0.4, -0.2) is 25.8 Å². The van der Waals surface area contributed by atoms with Crippen LogP contribution in [0.3, 0.4) is 0 Å². The second-order valence-electron chi connectivity index (χ2n) is 4.98. The van der Waals surface area contributed by atoms with Crippen LogP contribution in [0.2, 0.25) is 0 Å². The number of carbonyl (C=O) groups excluding carboxylic acids is 1. The third kappa shape index (κ3) is 4.59. The molecule has 0 saturated heterocycles. The first-order valence-corrected chi connectivity index (χ1v) is 8.04. The molecule has 0 heterocycles. The number of carbonyl (C=O) groups is 1. The first-order chi connectivity index (χ1) is 11.4. The van der Waals surface area contributed by atoms with E-state index in [1.54, 1.807) is 0 Å². The lowest BCUT2D eigenvalue weighted by Crippen LogP contribution is -2.21. The van der Waals surface area contributed by atoms with Crippen molar-refractivity contribution in [2.45, 2.75) is 13.1 Å². The molecule has 2 aromatic carbocycles. The summed E-state index contributed by atoms with van der Waals surface area (Å²) in [4.78, 5) is 11.3. The van der Waals surface area contributed by atoms with E-state index in [9.17, 15) is 22.0 Å². The maximum atomic E-state index is 14.1. The van der Waals surface area contributed by atoms with Crippen molar-refractivity contribution >= 4 is 16.9 Å². The first-order valence-electron chi connectivity index (χ1n) is 6.91. The lowest BCUT2D eigenvalue weighted by atomic mass is 10.1. The Bertz CT molecular complexity index is 798. The summed E-state index contributed by atoms with van der Waals surface area (Å²) in [6.45, 7) is -0.222. The molecule has 0 bridgehead atoms. The van der Waals surface area contributed by atoms with E-state index in [0.717, 1.165) is 10.4 Å². The van der Waals surface area contributed by atoms with Gasteiger partial charge in [-0.05, 0) is 29.8 Å². The van der Waals surface area contributed by atoms with Crippen LogP contribution in [0.4, 0.5) is 8.78 Å². The highest BCUT2D eigenvalue weighted by atomic mass is 32.2. The van der Waals surface area contributed by atoms with E-state index in [2.05, 4.69) is 4.74 Å². The first kappa shape index (κ1) is 18.0. The number of hydrogen-bond donors (Lipinski definition) is 1. The van der Waals surface area contributed by atoms with Crippen molar-refractivity contribution in [2.75, 3.05) is 7.11 Å². The molecule has 2 aromatic rings. The van der Waals surface area contributed by atoms with Gasteiger partial charge in [-0.3, -0.25) is 0 Å². The van der Waals surface area contributed by atoms with Gasteiger partial charge in [0.15, 0.2) is 0 Å². The number of thiol groups is 1. The van der Waals surface area contributed by atoms with Crippen molar-refractivity contribution in [1.82, 2.24) is 4.31 Å². The largest absolute Gasteiger partial charge is 0.465 e. The SMILES string of the molecule is COC(=O)c1ccc(CN(Cc2ccc(F)cc2)[SH](=O)=O)c(F)c1. The van der Waals surface area contributed by atoms with Crippen molar-refractivity contribution in [2.24, 2.45) is 0 Å². The molecule has 0 unspecified atom stereocenters. The third-order valence-corrected chi connectivity index (χ3v) is 4.08. The van der Waals surface area contributed by atoms with Gasteiger partial charge in [-0.1, -0.05) is 18.2 Å². The van der Waals surface area contributed by atoms with Gasteiger partial charge in [0, 0.05) is 18.7 Å². The minimum atomic E-state index is -2.97. The second-order valence-corrected chi connectivity index (χ2v) is 6.03. The van der Waals surface area contributed by atoms with Gasteiger partial charge < -0.3 is 4.74 Å². The van der Waals surface area contributed by atoms with Gasteiger partial charge in [-0.15, -0.1) is 0 Å². The van der Waals surface area contributed by atoms with Crippen molar-refractivity contribution in [1.29, 1.82) is 0 Å². The number of nitrogens with zero attached hydrogens (tertiary/aromatic N) is 1. The summed E-state index contributed by atoms with van der Waals surface area (Å²) in [5.74, 6) is -1.82. The van der Waals surface area contributed by atoms with Gasteiger partial charge in [-0.2, -0.15) is 4.31 Å². The minimum absolute atomic E-state index is 0.0167. The molecule has 0 aromatic heterocycles. The molecule has 128 valence electrons. The van der Waals surface area contributed by atoms with Crippen LogP contribution in [0.1, 0.15) is 21.5 Å². The van der Waals surface area contributed by atoms with Crippen LogP contribution < -0.4 is 0 Å². The lowest BCUT2D eigenvalue weighted by molar-refractivity contribution is 0.0600. The number of rotatable bonds is 6. The summed E-state index contributed by atoms with van der Waals surface area (Å²) in [5.41, 5.74) is 0.724. The molecule has 0 amide bonds. The van der Waals surface area contributed by atoms with Gasteiger partial charge in [-0.25, -0.2) is 22.0 Å². The van der Waals surface area contributed by atoms with Gasteiger partial charge in [0.1, 0.15) is 11.6 Å². The quantitative estimate of drug-likeness (QED) is 0.638. The number of benzene rings is 2. The Hall–Kier alpha value is -2.32. The van der Waals surface area contributed by atoms with Gasteiger partial charge in [0.25, 0.3) is 0 Å². The molecule has 24 heavy (non-hydrogen) atoms. The maximum absolute atomic E-state index is 14.1. The average Bonchev–Trinajstić information content (AvgIpc) is 2.56. The Morgan fingerprint density at radius 1 is 1.08 bits per heavy atom. The topological polar surface area (TPSA) is 63.7 Å². The molecule has 5 nitrogen and oxygen atoms in total. The molecule has 0 aliphatic heterocycles. The van der Waals surface area contributed by atoms with Gasteiger partial charge in [0.2, 0.25) is 10.9 Å². The molecule has 0 spiro atoms. The lowest BCUT2D eigenvalue weighted by Gasteiger charge is -2.16. The van der Waals surface area contributed by atoms with E-state index in [0.29, 0.717) is 5.56 Å². The zero-order chi connectivity index (χ0) is 17.7. The Labute approximate surface area is 139 Å². The normalized spacial score (nSPS) is 11.0. The highest BCUT2D eigenvalue weighted by Gasteiger charge is 2.15. The molecule has 0 atom stereocenters. The van der Waals surface area contributed by atoms with Crippen LogP contribution in [0.5, 0.6) is 0 Å². The number of esters is 1. The van der Waals surface area contributed by atoms with Crippen LogP contribution >= 0.6 is 0 Å². The third-order valence-electron chi connectivity index (χ3n) is 3.34. The van der Waals surface area contributed by atoms with E-state index in [-0.39, 0.29) is 24.2 Å². The Kier molecular flexibility index (Phi) is 5.99. The van der Waals surface area contributed by atoms with Gasteiger partial charge in [0.05, 0.1) is 12.7 Å². The van der Waals surface area contributed by atoms with E-state index in [4.69, 9.17) is 0 Å². The summed E-state index contributed by atoms with van der Waals surface area (Å²) in [7, 11) is -1.79. The van der Waals surface area contributed by atoms with Crippen molar-refractivity contribution in [3.63, 3.8) is 0 Å². The number of hydrogen-bond acceptors (Lipinski definition) is 4. The van der Waals surface area contributed by atoms with Crippen molar-refractivity contribution in [3.8, 4) is 0 Å². The zero-order valence-corrected chi connectivity index (χ0v) is 13.6. The molecule has 8 heteroatoms. The summed E-state index contributed by atoms with van der Waals surface area (Å²) in [5, 5.41) is 0. The van der Waals surface area contributed by atoms with E-state index in [1.807, 2.05) is 0 Å². The molecular weight excluding hydrogens is 340 g/mol. The molecule has 0 radical (unpaired) electrons. The van der Waals surface area contributed by atoms with E-state index >= 15 is 0 Å².